The van der Waals surface area contributed by atoms with Crippen LogP contribution in [0.25, 0.3) is 11.3 Å². The molecule has 5 nitrogen and oxygen atoms in total. The number of hydrogen-bond donors (Lipinski definition) is 1. The Bertz CT molecular complexity index is 691. The smallest absolute Gasteiger partial charge is 0.358 e. The van der Waals surface area contributed by atoms with Crippen molar-refractivity contribution in [2.45, 2.75) is 12.8 Å². The van der Waals surface area contributed by atoms with Crippen molar-refractivity contribution < 1.29 is 32.3 Å². The molecule has 0 aliphatic heterocycles. The highest BCUT2D eigenvalue weighted by atomic mass is 19.3. The van der Waals surface area contributed by atoms with Gasteiger partial charge < -0.3 is 14.4 Å². The normalized spacial score (nSPS) is 11.5. The molecule has 0 atom stereocenters. The van der Waals surface area contributed by atoms with Gasteiger partial charge in [0.15, 0.2) is 23.0 Å². The van der Waals surface area contributed by atoms with Crippen LogP contribution in [0.4, 0.5) is 13.2 Å². The Kier molecular flexibility index (Phi) is 3.63. The lowest BCUT2D eigenvalue weighted by Gasteiger charge is -2.14. The predicted molar refractivity (Wildman–Crippen MR) is 65.0 cm³/mol. The lowest BCUT2D eigenvalue weighted by Crippen LogP contribution is -2.08. The number of alkyl halides is 2. The van der Waals surface area contributed by atoms with Gasteiger partial charge in [-0.15, -0.1) is 0 Å². The molecule has 1 heterocycles. The Morgan fingerprint density at radius 3 is 2.52 bits per heavy atom. The van der Waals surface area contributed by atoms with Gasteiger partial charge in [0, 0.05) is 18.6 Å². The molecule has 1 aromatic carbocycles. The molecule has 0 fully saturated rings. The Hall–Kier alpha value is -2.51. The largest absolute Gasteiger partial charge is 0.493 e. The number of carboxylic acid groups (broad SMARTS) is 1. The average Bonchev–Trinajstić information content (AvgIpc) is 2.86. The molecule has 2 rings (SSSR count). The molecule has 0 aliphatic rings. The fourth-order valence-corrected chi connectivity index (χ4v) is 1.74. The van der Waals surface area contributed by atoms with Crippen LogP contribution in [0.1, 0.15) is 23.0 Å². The van der Waals surface area contributed by atoms with Crippen LogP contribution in [0.5, 0.6) is 5.75 Å². The summed E-state index contributed by atoms with van der Waals surface area (Å²) in [6.07, 6.45) is 0. The maximum absolute atomic E-state index is 13.9. The zero-order valence-electron chi connectivity index (χ0n) is 11.0. The predicted octanol–water partition coefficient (Wildman–Crippen LogP) is 3.30. The Labute approximate surface area is 116 Å². The lowest BCUT2D eigenvalue weighted by molar-refractivity contribution is 0.0171. The third-order valence-electron chi connectivity index (χ3n) is 2.75. The fourth-order valence-electron chi connectivity index (χ4n) is 1.74. The highest BCUT2D eigenvalue weighted by Gasteiger charge is 2.29. The molecule has 0 spiro atoms. The van der Waals surface area contributed by atoms with Gasteiger partial charge in [-0.05, 0) is 12.1 Å². The number of benzene rings is 1. The van der Waals surface area contributed by atoms with Gasteiger partial charge in [-0.25, -0.2) is 18.0 Å². The summed E-state index contributed by atoms with van der Waals surface area (Å²) in [6, 6.07) is 2.61. The first kappa shape index (κ1) is 14.9. The van der Waals surface area contributed by atoms with Crippen LogP contribution in [0, 0.1) is 5.82 Å². The van der Waals surface area contributed by atoms with Crippen molar-refractivity contribution in [1.82, 2.24) is 5.16 Å². The number of carbonyl (C=O) groups is 1. The second-order valence-corrected chi connectivity index (χ2v) is 4.31. The molecular formula is C13H10F3NO4. The molecule has 0 aliphatic carbocycles. The first-order valence-corrected chi connectivity index (χ1v) is 5.70. The first-order valence-electron chi connectivity index (χ1n) is 5.70. The molecule has 1 aromatic heterocycles. The molecule has 0 radical (unpaired) electrons. The summed E-state index contributed by atoms with van der Waals surface area (Å²) in [6.45, 7) is 0.612. The van der Waals surface area contributed by atoms with E-state index >= 15 is 0 Å². The molecule has 0 saturated carbocycles. The summed E-state index contributed by atoms with van der Waals surface area (Å²) in [7, 11) is 1.15. The maximum Gasteiger partial charge on any atom is 0.358 e. The van der Waals surface area contributed by atoms with Gasteiger partial charge in [-0.1, -0.05) is 5.16 Å². The van der Waals surface area contributed by atoms with Gasteiger partial charge >= 0.3 is 5.97 Å². The number of aromatic carboxylic acids is 1. The van der Waals surface area contributed by atoms with Crippen molar-refractivity contribution in [2.75, 3.05) is 7.11 Å². The number of carboxylic acids is 1. The van der Waals surface area contributed by atoms with Gasteiger partial charge in [0.25, 0.3) is 5.92 Å². The summed E-state index contributed by atoms with van der Waals surface area (Å²) in [5, 5.41) is 12.0. The van der Waals surface area contributed by atoms with E-state index in [0.717, 1.165) is 19.2 Å². The molecular weight excluding hydrogens is 291 g/mol. The number of halogens is 3. The third kappa shape index (κ3) is 2.83. The number of aromatic nitrogens is 1. The Morgan fingerprint density at radius 1 is 1.38 bits per heavy atom. The number of ether oxygens (including phenoxy) is 1. The average molecular weight is 301 g/mol. The third-order valence-corrected chi connectivity index (χ3v) is 2.75. The van der Waals surface area contributed by atoms with Crippen molar-refractivity contribution in [1.29, 1.82) is 0 Å². The topological polar surface area (TPSA) is 72.6 Å². The van der Waals surface area contributed by atoms with E-state index in [0.29, 0.717) is 13.0 Å². The molecule has 2 aromatic rings. The molecule has 112 valence electrons. The molecule has 21 heavy (non-hydrogen) atoms. The van der Waals surface area contributed by atoms with E-state index in [9.17, 15) is 18.0 Å². The summed E-state index contributed by atoms with van der Waals surface area (Å²) < 4.78 is 50.1. The van der Waals surface area contributed by atoms with Gasteiger partial charge in [0.05, 0.1) is 12.7 Å². The van der Waals surface area contributed by atoms with Gasteiger partial charge in [-0.3, -0.25) is 0 Å². The molecule has 0 bridgehead atoms. The van der Waals surface area contributed by atoms with E-state index in [4.69, 9.17) is 14.4 Å². The highest BCUT2D eigenvalue weighted by molar-refractivity contribution is 5.86. The molecule has 0 unspecified atom stereocenters. The monoisotopic (exact) mass is 301 g/mol. The van der Waals surface area contributed by atoms with Crippen molar-refractivity contribution in [3.05, 3.63) is 35.3 Å². The maximum atomic E-state index is 13.9. The lowest BCUT2D eigenvalue weighted by atomic mass is 10.0. The van der Waals surface area contributed by atoms with Crippen molar-refractivity contribution >= 4 is 5.97 Å². The summed E-state index contributed by atoms with van der Waals surface area (Å²) in [5.74, 6) is -6.18. The Balaban J connectivity index is 2.64. The second kappa shape index (κ2) is 5.12. The summed E-state index contributed by atoms with van der Waals surface area (Å²) in [5.41, 5.74) is -1.17. The molecule has 1 N–H and O–H groups in total. The quantitative estimate of drug-likeness (QED) is 0.938. The number of rotatable bonds is 4. The van der Waals surface area contributed by atoms with E-state index in [2.05, 4.69) is 5.16 Å². The van der Waals surface area contributed by atoms with Crippen LogP contribution in [-0.2, 0) is 5.92 Å². The zero-order chi connectivity index (χ0) is 15.8. The van der Waals surface area contributed by atoms with E-state index < -0.39 is 29.0 Å². The number of nitrogens with zero attached hydrogens (tertiary/aromatic N) is 1. The van der Waals surface area contributed by atoms with Crippen LogP contribution in [-0.4, -0.2) is 23.3 Å². The summed E-state index contributed by atoms with van der Waals surface area (Å²) >= 11 is 0. The van der Waals surface area contributed by atoms with E-state index in [1.54, 1.807) is 0 Å². The van der Waals surface area contributed by atoms with Crippen LogP contribution in [0.3, 0.4) is 0 Å². The van der Waals surface area contributed by atoms with Gasteiger partial charge in [0.2, 0.25) is 0 Å². The van der Waals surface area contributed by atoms with Gasteiger partial charge in [0.1, 0.15) is 0 Å². The minimum Gasteiger partial charge on any atom is -0.493 e. The minimum atomic E-state index is -3.28. The first-order chi connectivity index (χ1) is 9.74. The van der Waals surface area contributed by atoms with Crippen molar-refractivity contribution in [2.24, 2.45) is 0 Å². The second-order valence-electron chi connectivity index (χ2n) is 4.31. The van der Waals surface area contributed by atoms with Crippen LogP contribution in [0.2, 0.25) is 0 Å². The van der Waals surface area contributed by atoms with Crippen molar-refractivity contribution in [3.63, 3.8) is 0 Å². The van der Waals surface area contributed by atoms with Crippen LogP contribution < -0.4 is 4.74 Å². The SMILES string of the molecule is COc1c(F)cc(C(C)(F)F)cc1-c1cc(C(=O)O)no1. The highest BCUT2D eigenvalue weighted by Crippen LogP contribution is 2.38. The van der Waals surface area contributed by atoms with E-state index in [-0.39, 0.29) is 17.1 Å². The molecule has 8 heteroatoms. The van der Waals surface area contributed by atoms with Crippen LogP contribution >= 0.6 is 0 Å². The van der Waals surface area contributed by atoms with Gasteiger partial charge in [-0.2, -0.15) is 0 Å². The zero-order valence-corrected chi connectivity index (χ0v) is 11.0. The van der Waals surface area contributed by atoms with E-state index in [1.807, 2.05) is 0 Å². The molecule has 0 amide bonds. The number of hydrogen-bond acceptors (Lipinski definition) is 4. The molecule has 0 saturated heterocycles. The fraction of sp³-hybridized carbons (Fsp3) is 0.231. The summed E-state index contributed by atoms with van der Waals surface area (Å²) in [4.78, 5) is 10.7. The standard InChI is InChI=1S/C13H10F3NO4/c1-13(15,16)6-3-7(11(20-2)8(14)4-6)10-5-9(12(18)19)17-21-10/h3-5H,1-2H3,(H,18,19). The van der Waals surface area contributed by atoms with Crippen molar-refractivity contribution in [3.8, 4) is 17.1 Å². The van der Waals surface area contributed by atoms with E-state index in [1.165, 1.54) is 0 Å². The minimum absolute atomic E-state index is 0.144. The Morgan fingerprint density at radius 2 is 2.05 bits per heavy atom. The number of methoxy groups -OCH3 is 1. The van der Waals surface area contributed by atoms with Crippen LogP contribution in [0.15, 0.2) is 22.7 Å².